The first kappa shape index (κ1) is 140. The van der Waals surface area contributed by atoms with Crippen molar-refractivity contribution in [2.45, 2.75) is 316 Å². The number of allylic oxidation sites excluding steroid dienone is 36. The molecule has 0 bridgehead atoms. The van der Waals surface area contributed by atoms with Crippen molar-refractivity contribution >= 4 is 94.6 Å². The monoisotopic (exact) mass is 2530 g/mol. The molecule has 0 spiro atoms. The average molecular weight is 2540 g/mol. The van der Waals surface area contributed by atoms with Gasteiger partial charge in [0.2, 0.25) is 0 Å². The first-order chi connectivity index (χ1) is 68.5. The van der Waals surface area contributed by atoms with E-state index >= 15 is 0 Å². The molecule has 0 aromatic heterocycles. The Bertz CT molecular complexity index is 4870. The minimum atomic E-state index is -1.89. The number of hydrogen-bond donors (Lipinski definition) is 0. The fourth-order valence-corrected chi connectivity index (χ4v) is 48.7. The van der Waals surface area contributed by atoms with E-state index in [1.165, 1.54) is 215 Å². The summed E-state index contributed by atoms with van der Waals surface area (Å²) < 4.78 is 0. The first-order valence-electron chi connectivity index (χ1n) is 56.0. The van der Waals surface area contributed by atoms with Gasteiger partial charge in [-0.3, -0.25) is 0 Å². The predicted molar refractivity (Wildman–Crippen MR) is 667 cm³/mol. The quantitative estimate of drug-likeness (QED) is 0.0450. The summed E-state index contributed by atoms with van der Waals surface area (Å²) in [6, 6.07) is 26.7. The van der Waals surface area contributed by atoms with Crippen LogP contribution < -0.4 is 10.4 Å². The SMILES string of the molecule is C=CCCC1CCC(C2(C3C4C=C(C)C=CC4C4C=CC(C(C)(C)C)=CC43)CCCCC2)C1.C=CCCC1CCC(C2(C3C4C=CC=CC4C4C=CC=CC43)CCCCC2)C1.C=CCCC[Si](c1ccccc1)(C1CCCC1)C1C2C=C(C)C=CC2C2C=CC(C(C)(C)C)=CC21.C=CCC[Si](c1ccccc1)(C1CCCC1)C1C2C=C(C)C=CC2C2C=CC(C(C)(C)C)=CC21.[CH3-].[CH3-].[CH3-].[CH3-].[CH3-].[CH3-].[CH3-].[CH3-].[Cl][Zr+2][Cl].[Cl][Zr+2][Cl].[Cl][Zr+2][Cl].[Cl][Zr+2][Cl]. The van der Waals surface area contributed by atoms with E-state index in [4.69, 9.17) is 68.1 Å². The third kappa shape index (κ3) is 32.4. The Morgan fingerprint density at radius 2 is 0.580 bits per heavy atom. The summed E-state index contributed by atoms with van der Waals surface area (Å²) >= 11 is -3.30. The van der Waals surface area contributed by atoms with Gasteiger partial charge in [0.15, 0.2) is 0 Å². The van der Waals surface area contributed by atoms with Gasteiger partial charge in [0.05, 0.1) is 16.1 Å². The Hall–Kier alpha value is -0.474. The van der Waals surface area contributed by atoms with Crippen molar-refractivity contribution in [2.24, 2.45) is 157 Å². The average Bonchev–Trinajstić information content (AvgIpc) is 1.56. The molecule has 20 rings (SSSR count). The molecule has 10 saturated carbocycles. The number of fused-ring (bicyclic) bond motifs is 12. The predicted octanol–water partition coefficient (Wildman–Crippen LogP) is 44.2. The van der Waals surface area contributed by atoms with Gasteiger partial charge in [0, 0.05) is 0 Å². The number of hydrogen-bond acceptors (Lipinski definition) is 0. The fraction of sp³-hybridized carbons (Fsp3) is 0.559. The van der Waals surface area contributed by atoms with Gasteiger partial charge in [-0.2, -0.15) is 0 Å². The van der Waals surface area contributed by atoms with E-state index in [0.717, 1.165) is 106 Å². The van der Waals surface area contributed by atoms with Crippen LogP contribution in [-0.2, 0) is 83.4 Å². The molecule has 10 fully saturated rings. The summed E-state index contributed by atoms with van der Waals surface area (Å²) in [5.74, 6) is 16.5. The molecule has 14 heteroatoms. The molecule has 150 heavy (non-hydrogen) atoms. The van der Waals surface area contributed by atoms with Crippen molar-refractivity contribution in [3.63, 3.8) is 0 Å². The Morgan fingerprint density at radius 1 is 0.307 bits per heavy atom. The molecule has 0 saturated heterocycles. The first-order valence-corrected chi connectivity index (χ1v) is 86.0. The summed E-state index contributed by atoms with van der Waals surface area (Å²) in [5.41, 5.74) is 14.3. The third-order valence-corrected chi connectivity index (χ3v) is 52.5. The van der Waals surface area contributed by atoms with Crippen molar-refractivity contribution in [3.05, 3.63) is 362 Å². The summed E-state index contributed by atoms with van der Waals surface area (Å²) in [5, 5.41) is 3.48. The molecular formula is C136H200Cl8Si2Zr4. The summed E-state index contributed by atoms with van der Waals surface area (Å²) in [6.45, 7) is 44.9. The van der Waals surface area contributed by atoms with E-state index < -0.39 is 99.5 Å². The maximum absolute atomic E-state index is 4.93. The Kier molecular flexibility index (Phi) is 62.0. The molecule has 25 unspecified atom stereocenters. The molecule has 18 aliphatic carbocycles. The molecule has 0 aliphatic heterocycles. The minimum absolute atomic E-state index is 0. The van der Waals surface area contributed by atoms with Crippen LogP contribution in [0, 0.1) is 217 Å². The molecule has 0 N–H and O–H groups in total. The summed E-state index contributed by atoms with van der Waals surface area (Å²) in [6.07, 6.45) is 119. The van der Waals surface area contributed by atoms with Gasteiger partial charge < -0.3 is 59.4 Å². The zero-order chi connectivity index (χ0) is 102. The van der Waals surface area contributed by atoms with Crippen molar-refractivity contribution in [1.29, 1.82) is 0 Å². The van der Waals surface area contributed by atoms with E-state index in [0.29, 0.717) is 70.0 Å². The standard InChI is InChI=1S/C34H46Si.C33H44Si.C33H48.C28H38.8CH3.8ClH.4Zr/c1-6-7-13-22-35(28-16-11-12-17-28,27-14-9-8-10-15-27)33-31-23-25(2)18-20-29(31)30-21-19-26(24-32(30)33)34(3,4)5;1-6-7-21-34(27-15-11-12-16-27,26-13-9-8-10-14-26)32-30-22-24(2)17-19-28(30)29-20-18-25(23-31(29)32)33(3,4)5;1-6-7-11-24-13-14-26(21-24)33(18-9-8-10-19-33)31-29-20-23(2)12-16-27(29)28-17-15-25(22-30(28)31)32(3,4)5;1-2-3-11-21-16-17-22(20-21)28(18-9-4-10-19-28)27-25-14-7-5-12-23(25)24-13-6-8-15-26(24)27;;;;;;;;;;;;;;;;;;;;/h6,8-10,14-15,18-21,23-24,28-33H,1,7,11-13,16-17,22H2,2-5H3;6,8-10,13-14,17-20,22-23,27-32H,1,7,11-12,15-16,21H2,2-5H3;6,12,15-17,20,22,24,26-31H,1,7-11,13-14,18-19,21H2,2-5H3;2,5-8,12-15,21-27H,1,3-4,9-11,16-20H2;8*1H3;8*1H;;;;/q;;;;8*-1;;;;;;;;;4*+4/p-8. The van der Waals surface area contributed by atoms with E-state index in [-0.39, 0.29) is 75.7 Å². The van der Waals surface area contributed by atoms with Gasteiger partial charge in [-0.15, -0.1) is 26.3 Å². The Balaban J connectivity index is 0.000000334. The molecule has 0 heterocycles. The third-order valence-electron chi connectivity index (χ3n) is 39.4. The normalized spacial score (nSPS) is 31.8. The van der Waals surface area contributed by atoms with Crippen LogP contribution in [-0.4, -0.2) is 16.1 Å². The number of benzene rings is 2. The van der Waals surface area contributed by atoms with Gasteiger partial charge in [-0.25, -0.2) is 0 Å². The number of unbranched alkanes of at least 4 members (excludes halogenated alkanes) is 1. The molecular weight excluding hydrogens is 2340 g/mol. The van der Waals surface area contributed by atoms with E-state index in [1.807, 2.05) is 0 Å². The van der Waals surface area contributed by atoms with E-state index in [9.17, 15) is 0 Å². The van der Waals surface area contributed by atoms with Crippen LogP contribution in [0.5, 0.6) is 0 Å². The molecule has 18 aliphatic rings. The Labute approximate surface area is 1000 Å². The van der Waals surface area contributed by atoms with Crippen molar-refractivity contribution in [3.8, 4) is 0 Å². The van der Waals surface area contributed by atoms with Crippen LogP contribution in [0.3, 0.4) is 0 Å². The van der Waals surface area contributed by atoms with Crippen molar-refractivity contribution in [2.75, 3.05) is 0 Å². The van der Waals surface area contributed by atoms with Crippen molar-refractivity contribution < 1.29 is 83.4 Å². The second-order valence-corrected chi connectivity index (χ2v) is 73.7. The van der Waals surface area contributed by atoms with Gasteiger partial charge in [-0.1, -0.05) is 448 Å². The van der Waals surface area contributed by atoms with Crippen LogP contribution in [0.15, 0.2) is 303 Å². The summed E-state index contributed by atoms with van der Waals surface area (Å²) in [4.78, 5) is 0. The zero-order valence-corrected chi connectivity index (χ0v) is 115. The van der Waals surface area contributed by atoms with Crippen molar-refractivity contribution in [1.82, 2.24) is 0 Å². The van der Waals surface area contributed by atoms with E-state index in [1.54, 1.807) is 27.1 Å². The molecule has 2 aromatic rings. The van der Waals surface area contributed by atoms with Gasteiger partial charge in [-0.05, 0) is 313 Å². The molecule has 0 radical (unpaired) electrons. The molecule has 2 aromatic carbocycles. The van der Waals surface area contributed by atoms with E-state index in [2.05, 4.69) is 352 Å². The van der Waals surface area contributed by atoms with Crippen LogP contribution in [0.25, 0.3) is 0 Å². The van der Waals surface area contributed by atoms with Crippen LogP contribution in [0.2, 0.25) is 34.3 Å². The second-order valence-electron chi connectivity index (χ2n) is 49.5. The number of halogens is 8. The number of rotatable bonds is 23. The maximum atomic E-state index is 4.93. The summed E-state index contributed by atoms with van der Waals surface area (Å²) in [7, 11) is 35.7. The van der Waals surface area contributed by atoms with Gasteiger partial charge in [0.1, 0.15) is 0 Å². The second kappa shape index (κ2) is 66.5. The van der Waals surface area contributed by atoms with Gasteiger partial charge >= 0.3 is 151 Å². The molecule has 25 atom stereocenters. The molecule has 0 amide bonds. The topological polar surface area (TPSA) is 0 Å². The van der Waals surface area contributed by atoms with Crippen LogP contribution in [0.4, 0.5) is 0 Å². The molecule has 824 valence electrons. The van der Waals surface area contributed by atoms with Crippen LogP contribution >= 0.6 is 68.1 Å². The zero-order valence-electron chi connectivity index (χ0n) is 96.8. The Morgan fingerprint density at radius 3 is 0.907 bits per heavy atom. The molecule has 0 nitrogen and oxygen atoms in total. The fourth-order valence-electron chi connectivity index (χ4n) is 33.9. The van der Waals surface area contributed by atoms with Gasteiger partial charge in [0.25, 0.3) is 0 Å². The van der Waals surface area contributed by atoms with Crippen LogP contribution in [0.1, 0.15) is 282 Å².